The van der Waals surface area contributed by atoms with Crippen molar-refractivity contribution in [2.75, 3.05) is 18.1 Å². The highest BCUT2D eigenvalue weighted by molar-refractivity contribution is 6.02. The van der Waals surface area contributed by atoms with Gasteiger partial charge in [-0.2, -0.15) is 0 Å². The van der Waals surface area contributed by atoms with Gasteiger partial charge in [0.25, 0.3) is 0 Å². The summed E-state index contributed by atoms with van der Waals surface area (Å²) in [6.07, 6.45) is 3.08. The summed E-state index contributed by atoms with van der Waals surface area (Å²) in [5.74, 6) is -0.336. The van der Waals surface area contributed by atoms with Crippen LogP contribution in [0.2, 0.25) is 0 Å². The van der Waals surface area contributed by atoms with Crippen molar-refractivity contribution in [1.82, 2.24) is 15.3 Å². The van der Waals surface area contributed by atoms with Gasteiger partial charge in [0.15, 0.2) is 0 Å². The number of benzene rings is 1. The molecule has 0 radical (unpaired) electrons. The number of carbonyl (C=O) groups is 1. The molecule has 4 rings (SSSR count). The number of nitrogen functional groups attached to an aromatic ring is 1. The molecule has 25 heavy (non-hydrogen) atoms. The Kier molecular flexibility index (Phi) is 3.38. The van der Waals surface area contributed by atoms with Crippen molar-refractivity contribution in [1.29, 1.82) is 0 Å². The molecule has 128 valence electrons. The summed E-state index contributed by atoms with van der Waals surface area (Å²) in [7, 11) is 1.62. The lowest BCUT2D eigenvalue weighted by Crippen LogP contribution is -2.40. The van der Waals surface area contributed by atoms with Gasteiger partial charge in [-0.3, -0.25) is 4.79 Å². The summed E-state index contributed by atoms with van der Waals surface area (Å²) in [4.78, 5) is 19.7. The Hall–Kier alpha value is -3.09. The van der Waals surface area contributed by atoms with Crippen LogP contribution in [0.3, 0.4) is 0 Å². The largest absolute Gasteiger partial charge is 0.396 e. The molecule has 2 aromatic heterocycles. The summed E-state index contributed by atoms with van der Waals surface area (Å²) in [6, 6.07) is 8.13. The smallest absolute Gasteiger partial charge is 0.245 e. The van der Waals surface area contributed by atoms with E-state index in [1.807, 2.05) is 6.07 Å². The molecular weight excluding hydrogens is 321 g/mol. The molecule has 0 aliphatic heterocycles. The topological polar surface area (TPSA) is 95.8 Å². The molecule has 5 N–H and O–H groups in total. The molecule has 1 amide bonds. The predicted octanol–water partition coefficient (Wildman–Crippen LogP) is 2.64. The number of pyridine rings is 1. The number of nitrogens with two attached hydrogens (primary N) is 1. The molecule has 0 spiro atoms. The van der Waals surface area contributed by atoms with Crippen LogP contribution in [0, 0.1) is 5.82 Å². The highest BCUT2D eigenvalue weighted by Gasteiger charge is 2.50. The molecule has 0 bridgehead atoms. The average molecular weight is 339 g/mol. The number of fused-ring (bicyclic) bond motifs is 1. The normalized spacial score (nSPS) is 15.1. The third kappa shape index (κ3) is 2.57. The molecule has 1 fully saturated rings. The Morgan fingerprint density at radius 3 is 2.68 bits per heavy atom. The Labute approximate surface area is 143 Å². The first-order valence-electron chi connectivity index (χ1n) is 8.06. The molecule has 1 saturated carbocycles. The van der Waals surface area contributed by atoms with Crippen LogP contribution in [0.15, 0.2) is 36.5 Å². The van der Waals surface area contributed by atoms with Crippen molar-refractivity contribution >= 4 is 28.3 Å². The first-order valence-corrected chi connectivity index (χ1v) is 8.06. The van der Waals surface area contributed by atoms with Crippen molar-refractivity contribution in [3.05, 3.63) is 42.3 Å². The number of rotatable bonds is 4. The molecule has 1 aromatic carbocycles. The van der Waals surface area contributed by atoms with Crippen LogP contribution in [0.1, 0.15) is 12.8 Å². The van der Waals surface area contributed by atoms with E-state index in [-0.39, 0.29) is 11.7 Å². The van der Waals surface area contributed by atoms with E-state index in [1.54, 1.807) is 25.4 Å². The summed E-state index contributed by atoms with van der Waals surface area (Å²) < 4.78 is 13.1. The third-order valence-corrected chi connectivity index (χ3v) is 4.62. The molecule has 0 saturated heterocycles. The number of likely N-dealkylation sites (N-methyl/N-ethyl adjacent to an activating group) is 1. The van der Waals surface area contributed by atoms with Gasteiger partial charge in [-0.15, -0.1) is 0 Å². The van der Waals surface area contributed by atoms with Crippen molar-refractivity contribution in [3.8, 4) is 11.3 Å². The lowest BCUT2D eigenvalue weighted by atomic mass is 10.1. The Bertz CT molecular complexity index is 960. The quantitative estimate of drug-likeness (QED) is 0.587. The van der Waals surface area contributed by atoms with Crippen molar-refractivity contribution in [2.24, 2.45) is 0 Å². The fraction of sp³-hybridized carbons (Fsp3) is 0.222. The molecule has 2 heterocycles. The number of nitrogens with zero attached hydrogens (tertiary/aromatic N) is 1. The van der Waals surface area contributed by atoms with Gasteiger partial charge in [0.05, 0.1) is 17.6 Å². The number of nitrogens with one attached hydrogen (secondary N) is 3. The summed E-state index contributed by atoms with van der Waals surface area (Å²) >= 11 is 0. The SMILES string of the molecule is CNC(=O)C1(Nc2c(N)cnc3[nH]c(-c4ccc(F)cc4)cc23)CC1. The maximum Gasteiger partial charge on any atom is 0.245 e. The number of carbonyl (C=O) groups excluding carboxylic acids is 1. The molecule has 1 aliphatic carbocycles. The van der Waals surface area contributed by atoms with Gasteiger partial charge in [0.1, 0.15) is 17.0 Å². The van der Waals surface area contributed by atoms with Gasteiger partial charge < -0.3 is 21.4 Å². The van der Waals surface area contributed by atoms with Crippen LogP contribution in [-0.4, -0.2) is 28.5 Å². The Morgan fingerprint density at radius 1 is 1.32 bits per heavy atom. The Balaban J connectivity index is 1.78. The van der Waals surface area contributed by atoms with Gasteiger partial charge in [0, 0.05) is 18.1 Å². The van der Waals surface area contributed by atoms with Gasteiger partial charge >= 0.3 is 0 Å². The third-order valence-electron chi connectivity index (χ3n) is 4.62. The standard InChI is InChI=1S/C18H18FN5O/c1-21-17(25)18(6-7-18)24-15-12-8-14(10-2-4-11(19)5-3-10)23-16(12)22-9-13(15)20/h2-5,8-9H,6-7,20H2,1H3,(H,21,25)(H2,22,23,24). The number of anilines is 2. The summed E-state index contributed by atoms with van der Waals surface area (Å²) in [5.41, 5.74) is 8.98. The summed E-state index contributed by atoms with van der Waals surface area (Å²) in [6.45, 7) is 0. The molecule has 1 aliphatic rings. The number of hydrogen-bond donors (Lipinski definition) is 4. The monoisotopic (exact) mass is 339 g/mol. The van der Waals surface area contributed by atoms with E-state index in [1.165, 1.54) is 12.1 Å². The van der Waals surface area contributed by atoms with Crippen LogP contribution in [0.25, 0.3) is 22.3 Å². The van der Waals surface area contributed by atoms with E-state index in [2.05, 4.69) is 20.6 Å². The summed E-state index contributed by atoms with van der Waals surface area (Å²) in [5, 5.41) is 6.80. The number of halogens is 1. The lowest BCUT2D eigenvalue weighted by Gasteiger charge is -2.19. The zero-order chi connectivity index (χ0) is 17.6. The van der Waals surface area contributed by atoms with E-state index in [9.17, 15) is 9.18 Å². The minimum atomic E-state index is -0.607. The average Bonchev–Trinajstić information content (AvgIpc) is 3.28. The van der Waals surface area contributed by atoms with Crippen molar-refractivity contribution in [3.63, 3.8) is 0 Å². The van der Waals surface area contributed by atoms with E-state index in [4.69, 9.17) is 5.73 Å². The first kappa shape index (κ1) is 15.4. The van der Waals surface area contributed by atoms with Crippen LogP contribution in [0.4, 0.5) is 15.8 Å². The molecule has 7 heteroatoms. The number of amides is 1. The number of aromatic nitrogens is 2. The maximum absolute atomic E-state index is 13.1. The second kappa shape index (κ2) is 5.47. The molecule has 6 nitrogen and oxygen atoms in total. The van der Waals surface area contributed by atoms with E-state index >= 15 is 0 Å². The van der Waals surface area contributed by atoms with Crippen molar-refractivity contribution in [2.45, 2.75) is 18.4 Å². The number of aromatic amines is 1. The van der Waals surface area contributed by atoms with E-state index in [0.717, 1.165) is 29.5 Å². The van der Waals surface area contributed by atoms with Crippen molar-refractivity contribution < 1.29 is 9.18 Å². The van der Waals surface area contributed by atoms with Crippen LogP contribution in [-0.2, 0) is 4.79 Å². The fourth-order valence-corrected chi connectivity index (χ4v) is 3.03. The Morgan fingerprint density at radius 2 is 2.04 bits per heavy atom. The number of H-pyrrole nitrogens is 1. The molecule has 3 aromatic rings. The van der Waals surface area contributed by atoms with Gasteiger partial charge in [0.2, 0.25) is 5.91 Å². The highest BCUT2D eigenvalue weighted by Crippen LogP contribution is 2.42. The van der Waals surface area contributed by atoms with E-state index in [0.29, 0.717) is 17.0 Å². The van der Waals surface area contributed by atoms with Crippen LogP contribution in [0.5, 0.6) is 0 Å². The van der Waals surface area contributed by atoms with Gasteiger partial charge in [-0.1, -0.05) is 0 Å². The van der Waals surface area contributed by atoms with E-state index < -0.39 is 5.54 Å². The first-order chi connectivity index (χ1) is 12.0. The predicted molar refractivity (Wildman–Crippen MR) is 95.6 cm³/mol. The van der Waals surface area contributed by atoms with Gasteiger partial charge in [-0.25, -0.2) is 9.37 Å². The van der Waals surface area contributed by atoms with Crippen LogP contribution >= 0.6 is 0 Å². The molecule has 0 atom stereocenters. The molecular formula is C18H18FN5O. The second-order valence-electron chi connectivity index (χ2n) is 6.33. The fourth-order valence-electron chi connectivity index (χ4n) is 3.03. The maximum atomic E-state index is 13.1. The lowest BCUT2D eigenvalue weighted by molar-refractivity contribution is -0.122. The number of hydrogen-bond acceptors (Lipinski definition) is 4. The minimum Gasteiger partial charge on any atom is -0.396 e. The zero-order valence-corrected chi connectivity index (χ0v) is 13.7. The second-order valence-corrected chi connectivity index (χ2v) is 6.33. The van der Waals surface area contributed by atoms with Gasteiger partial charge in [-0.05, 0) is 48.7 Å². The zero-order valence-electron chi connectivity index (χ0n) is 13.7. The van der Waals surface area contributed by atoms with Crippen LogP contribution < -0.4 is 16.4 Å². The molecule has 0 unspecified atom stereocenters. The minimum absolute atomic E-state index is 0.0499. The highest BCUT2D eigenvalue weighted by atomic mass is 19.1.